The molecule has 1 atom stereocenters. The molecule has 116 valence electrons. The fraction of sp³-hybridized carbons (Fsp3) is 0.786. The average Bonchev–Trinajstić information content (AvgIpc) is 2.21. The predicted molar refractivity (Wildman–Crippen MR) is 75.7 cm³/mol. The van der Waals surface area contributed by atoms with Gasteiger partial charge in [-0.3, -0.25) is 14.4 Å². The normalized spacial score (nSPS) is 13.7. The molecule has 0 fully saturated rings. The monoisotopic (exact) mass is 286 g/mol. The zero-order chi connectivity index (χ0) is 16.1. The minimum Gasteiger partial charge on any atom is -0.389 e. The van der Waals surface area contributed by atoms with Crippen molar-refractivity contribution in [3.8, 4) is 0 Å². The number of rotatable bonds is 8. The van der Waals surface area contributed by atoms with Crippen LogP contribution in [0.15, 0.2) is 0 Å². The molecule has 2 amide bonds. The standard InChI is InChI=1S/C14H26N2O4/c1-9(17)16-10(8-12(15)19)6-7-11(18)13(2,3)14(4,5)20/h10,20H,6-8H2,1-5H3,(H2,15,19)(H,16,17). The van der Waals surface area contributed by atoms with Gasteiger partial charge in [0.15, 0.2) is 0 Å². The van der Waals surface area contributed by atoms with Crippen LogP contribution >= 0.6 is 0 Å². The largest absolute Gasteiger partial charge is 0.389 e. The summed E-state index contributed by atoms with van der Waals surface area (Å²) < 4.78 is 0. The van der Waals surface area contributed by atoms with Crippen molar-refractivity contribution in [2.45, 2.75) is 65.5 Å². The number of primary amides is 1. The highest BCUT2D eigenvalue weighted by Crippen LogP contribution is 2.32. The molecule has 0 bridgehead atoms. The lowest BCUT2D eigenvalue weighted by atomic mass is 9.72. The third-order valence-corrected chi connectivity index (χ3v) is 3.80. The van der Waals surface area contributed by atoms with Crippen LogP contribution in [0.5, 0.6) is 0 Å². The number of nitrogens with two attached hydrogens (primary N) is 1. The number of carbonyl (C=O) groups excluding carboxylic acids is 3. The van der Waals surface area contributed by atoms with Gasteiger partial charge in [0.2, 0.25) is 11.8 Å². The SMILES string of the molecule is CC(=O)NC(CCC(=O)C(C)(C)C(C)(C)O)CC(N)=O. The Morgan fingerprint density at radius 1 is 1.20 bits per heavy atom. The molecule has 6 heteroatoms. The Balaban J connectivity index is 4.66. The minimum atomic E-state index is -1.14. The van der Waals surface area contributed by atoms with E-state index < -0.39 is 23.0 Å². The Morgan fingerprint density at radius 3 is 2.05 bits per heavy atom. The van der Waals surface area contributed by atoms with E-state index in [2.05, 4.69) is 5.32 Å². The van der Waals surface area contributed by atoms with Crippen LogP contribution in [0.1, 0.15) is 53.9 Å². The number of hydrogen-bond acceptors (Lipinski definition) is 4. The maximum atomic E-state index is 12.2. The van der Waals surface area contributed by atoms with Crippen molar-refractivity contribution < 1.29 is 19.5 Å². The van der Waals surface area contributed by atoms with E-state index >= 15 is 0 Å². The summed E-state index contributed by atoms with van der Waals surface area (Å²) in [7, 11) is 0. The number of carbonyl (C=O) groups is 3. The summed E-state index contributed by atoms with van der Waals surface area (Å²) in [5.41, 5.74) is 3.07. The van der Waals surface area contributed by atoms with Crippen LogP contribution in [0.25, 0.3) is 0 Å². The van der Waals surface area contributed by atoms with E-state index in [4.69, 9.17) is 5.73 Å². The quantitative estimate of drug-likeness (QED) is 0.604. The zero-order valence-electron chi connectivity index (χ0n) is 12.9. The van der Waals surface area contributed by atoms with Gasteiger partial charge < -0.3 is 16.2 Å². The second kappa shape index (κ2) is 6.83. The highest BCUT2D eigenvalue weighted by molar-refractivity contribution is 5.85. The first-order valence-electron chi connectivity index (χ1n) is 6.69. The molecule has 0 aromatic carbocycles. The van der Waals surface area contributed by atoms with Gasteiger partial charge in [-0.25, -0.2) is 0 Å². The zero-order valence-corrected chi connectivity index (χ0v) is 12.9. The Hall–Kier alpha value is -1.43. The van der Waals surface area contributed by atoms with Crippen molar-refractivity contribution in [3.63, 3.8) is 0 Å². The number of amides is 2. The van der Waals surface area contributed by atoms with Crippen LogP contribution < -0.4 is 11.1 Å². The topological polar surface area (TPSA) is 109 Å². The first-order chi connectivity index (χ1) is 8.87. The van der Waals surface area contributed by atoms with Gasteiger partial charge in [0, 0.05) is 25.8 Å². The van der Waals surface area contributed by atoms with E-state index in [0.29, 0.717) is 6.42 Å². The number of hydrogen-bond donors (Lipinski definition) is 3. The molecule has 0 saturated carbocycles. The van der Waals surface area contributed by atoms with Crippen molar-refractivity contribution in [2.75, 3.05) is 0 Å². The Morgan fingerprint density at radius 2 is 1.70 bits per heavy atom. The molecular formula is C14H26N2O4. The Kier molecular flexibility index (Phi) is 6.34. The maximum Gasteiger partial charge on any atom is 0.219 e. The van der Waals surface area contributed by atoms with Crippen LogP contribution in [-0.2, 0) is 14.4 Å². The minimum absolute atomic E-state index is 0.00416. The first kappa shape index (κ1) is 18.6. The van der Waals surface area contributed by atoms with E-state index in [0.717, 1.165) is 0 Å². The van der Waals surface area contributed by atoms with Crippen molar-refractivity contribution in [3.05, 3.63) is 0 Å². The second-order valence-corrected chi connectivity index (χ2v) is 6.21. The van der Waals surface area contributed by atoms with Gasteiger partial charge in [-0.15, -0.1) is 0 Å². The lowest BCUT2D eigenvalue weighted by Crippen LogP contribution is -2.45. The van der Waals surface area contributed by atoms with Gasteiger partial charge >= 0.3 is 0 Å². The Labute approximate surface area is 120 Å². The van der Waals surface area contributed by atoms with Crippen LogP contribution in [0.3, 0.4) is 0 Å². The van der Waals surface area contributed by atoms with Crippen molar-refractivity contribution in [2.24, 2.45) is 11.1 Å². The molecule has 4 N–H and O–H groups in total. The molecule has 20 heavy (non-hydrogen) atoms. The van der Waals surface area contributed by atoms with E-state index in [1.165, 1.54) is 6.92 Å². The highest BCUT2D eigenvalue weighted by atomic mass is 16.3. The van der Waals surface area contributed by atoms with E-state index in [9.17, 15) is 19.5 Å². The molecule has 0 rings (SSSR count). The summed E-state index contributed by atoms with van der Waals surface area (Å²) in [6, 6.07) is -0.452. The van der Waals surface area contributed by atoms with Gasteiger partial charge in [-0.05, 0) is 20.3 Å². The highest BCUT2D eigenvalue weighted by Gasteiger charge is 2.41. The molecule has 0 aromatic rings. The summed E-state index contributed by atoms with van der Waals surface area (Å²) in [5.74, 6) is -0.923. The van der Waals surface area contributed by atoms with Crippen LogP contribution in [0.4, 0.5) is 0 Å². The summed E-state index contributed by atoms with van der Waals surface area (Å²) >= 11 is 0. The van der Waals surface area contributed by atoms with Crippen LogP contribution in [0, 0.1) is 5.41 Å². The molecule has 1 unspecified atom stereocenters. The number of aliphatic hydroxyl groups is 1. The van der Waals surface area contributed by atoms with Gasteiger partial charge in [-0.1, -0.05) is 13.8 Å². The van der Waals surface area contributed by atoms with E-state index in [-0.39, 0.29) is 24.5 Å². The smallest absolute Gasteiger partial charge is 0.219 e. The van der Waals surface area contributed by atoms with Gasteiger partial charge in [-0.2, -0.15) is 0 Å². The number of Topliss-reactive ketones (excluding diaryl/α,β-unsaturated/α-hetero) is 1. The molecule has 0 saturated heterocycles. The number of nitrogens with one attached hydrogen (secondary N) is 1. The summed E-state index contributed by atoms with van der Waals surface area (Å²) in [6.45, 7) is 7.86. The third kappa shape index (κ3) is 5.69. The summed E-state index contributed by atoms with van der Waals surface area (Å²) in [6.07, 6.45) is 0.478. The fourth-order valence-electron chi connectivity index (χ4n) is 1.71. The summed E-state index contributed by atoms with van der Waals surface area (Å²) in [4.78, 5) is 34.2. The molecule has 0 radical (unpaired) electrons. The van der Waals surface area contributed by atoms with Crippen molar-refractivity contribution >= 4 is 17.6 Å². The van der Waals surface area contributed by atoms with Gasteiger partial charge in [0.25, 0.3) is 0 Å². The first-order valence-corrected chi connectivity index (χ1v) is 6.69. The van der Waals surface area contributed by atoms with Crippen molar-refractivity contribution in [1.82, 2.24) is 5.32 Å². The van der Waals surface area contributed by atoms with Crippen LogP contribution in [0.2, 0.25) is 0 Å². The molecular weight excluding hydrogens is 260 g/mol. The van der Waals surface area contributed by atoms with Gasteiger partial charge in [0.05, 0.1) is 11.0 Å². The van der Waals surface area contributed by atoms with E-state index in [1.54, 1.807) is 27.7 Å². The molecule has 0 spiro atoms. The Bertz CT molecular complexity index is 367. The average molecular weight is 286 g/mol. The van der Waals surface area contributed by atoms with E-state index in [1.807, 2.05) is 0 Å². The lowest BCUT2D eigenvalue weighted by molar-refractivity contribution is -0.140. The van der Waals surface area contributed by atoms with Crippen LogP contribution in [-0.4, -0.2) is 34.3 Å². The predicted octanol–water partition coefficient (Wildman–Crippen LogP) is 0.513. The second-order valence-electron chi connectivity index (χ2n) is 6.21. The van der Waals surface area contributed by atoms with Crippen molar-refractivity contribution in [1.29, 1.82) is 0 Å². The molecule has 0 aromatic heterocycles. The maximum absolute atomic E-state index is 12.2. The fourth-order valence-corrected chi connectivity index (χ4v) is 1.71. The lowest BCUT2D eigenvalue weighted by Gasteiger charge is -2.36. The number of ketones is 1. The summed E-state index contributed by atoms with van der Waals surface area (Å²) in [5, 5.41) is 12.6. The molecule has 6 nitrogen and oxygen atoms in total. The molecule has 0 aliphatic rings. The van der Waals surface area contributed by atoms with Gasteiger partial charge in [0.1, 0.15) is 5.78 Å². The molecule has 0 heterocycles. The third-order valence-electron chi connectivity index (χ3n) is 3.80. The molecule has 0 aliphatic carbocycles. The molecule has 0 aliphatic heterocycles.